The Bertz CT molecular complexity index is 1140. The van der Waals surface area contributed by atoms with Crippen LogP contribution in [0.4, 0.5) is 0 Å². The molecule has 0 fully saturated rings. The van der Waals surface area contributed by atoms with Gasteiger partial charge in [-0.25, -0.2) is 0 Å². The van der Waals surface area contributed by atoms with Gasteiger partial charge in [-0.1, -0.05) is 78.1 Å². The van der Waals surface area contributed by atoms with Crippen molar-refractivity contribution in [3.63, 3.8) is 0 Å². The van der Waals surface area contributed by atoms with E-state index in [0.717, 1.165) is 44.4 Å². The average Bonchev–Trinajstić information content (AvgIpc) is 3.26. The minimum Gasteiger partial charge on any atom is -0.489 e. The molecular formula is C25H25BrN2O2. The molecule has 4 rings (SSSR count). The van der Waals surface area contributed by atoms with Gasteiger partial charge >= 0.3 is 0 Å². The van der Waals surface area contributed by atoms with E-state index < -0.39 is 0 Å². The third-order valence-corrected chi connectivity index (χ3v) is 5.71. The fourth-order valence-corrected chi connectivity index (χ4v) is 3.88. The quantitative estimate of drug-likeness (QED) is 0.270. The molecule has 1 aromatic heterocycles. The minimum atomic E-state index is 0.289. The van der Waals surface area contributed by atoms with E-state index >= 15 is 0 Å². The van der Waals surface area contributed by atoms with Crippen LogP contribution in [0.25, 0.3) is 22.2 Å². The number of ether oxygens (including phenoxy) is 1. The third kappa shape index (κ3) is 4.90. The summed E-state index contributed by atoms with van der Waals surface area (Å²) in [5.41, 5.74) is 2.09. The number of hydrogen-bond acceptors (Lipinski definition) is 4. The Morgan fingerprint density at radius 2 is 1.87 bits per heavy atom. The highest BCUT2D eigenvalue weighted by atomic mass is 79.9. The maximum atomic E-state index is 5.97. The Kier molecular flexibility index (Phi) is 6.48. The minimum absolute atomic E-state index is 0.289. The van der Waals surface area contributed by atoms with Crippen molar-refractivity contribution in [2.45, 2.75) is 45.6 Å². The van der Waals surface area contributed by atoms with Crippen molar-refractivity contribution in [1.82, 2.24) is 10.1 Å². The molecule has 30 heavy (non-hydrogen) atoms. The van der Waals surface area contributed by atoms with Crippen molar-refractivity contribution in [2.24, 2.45) is 0 Å². The average molecular weight is 465 g/mol. The number of hydrogen-bond donors (Lipinski definition) is 0. The Balaban J connectivity index is 1.48. The van der Waals surface area contributed by atoms with Crippen LogP contribution in [-0.4, -0.2) is 10.1 Å². The van der Waals surface area contributed by atoms with E-state index in [-0.39, 0.29) is 5.92 Å². The zero-order valence-corrected chi connectivity index (χ0v) is 18.9. The largest absolute Gasteiger partial charge is 0.489 e. The standard InChI is InChI=1S/C25H25BrN2O2/c1-3-4-6-17(2)25-27-24(28-30-25)21-10-9-20-15-23(12-11-19(20)14-21)29-16-18-7-5-8-22(26)13-18/h5,7-15,17H,3-4,6,16H2,1-2H3/t17-/m0/s1. The lowest BCUT2D eigenvalue weighted by molar-refractivity contribution is 0.306. The first-order chi connectivity index (χ1) is 14.6. The van der Waals surface area contributed by atoms with E-state index in [1.807, 2.05) is 24.3 Å². The summed E-state index contributed by atoms with van der Waals surface area (Å²) in [5.74, 6) is 2.50. The number of aromatic nitrogens is 2. The second kappa shape index (κ2) is 9.43. The van der Waals surface area contributed by atoms with Crippen molar-refractivity contribution in [3.8, 4) is 17.1 Å². The summed E-state index contributed by atoms with van der Waals surface area (Å²) in [4.78, 5) is 4.62. The van der Waals surface area contributed by atoms with Crippen LogP contribution in [0.2, 0.25) is 0 Å². The molecule has 5 heteroatoms. The van der Waals surface area contributed by atoms with Crippen LogP contribution >= 0.6 is 15.9 Å². The topological polar surface area (TPSA) is 48.2 Å². The lowest BCUT2D eigenvalue weighted by atomic mass is 10.0. The molecule has 0 aliphatic carbocycles. The molecule has 154 valence electrons. The number of fused-ring (bicyclic) bond motifs is 1. The van der Waals surface area contributed by atoms with E-state index in [1.54, 1.807) is 0 Å². The fourth-order valence-electron chi connectivity index (χ4n) is 3.43. The van der Waals surface area contributed by atoms with Gasteiger partial charge < -0.3 is 9.26 Å². The van der Waals surface area contributed by atoms with Crippen LogP contribution in [0.1, 0.15) is 50.5 Å². The maximum absolute atomic E-state index is 5.97. The molecule has 3 aromatic carbocycles. The molecule has 0 saturated heterocycles. The first kappa shape index (κ1) is 20.6. The van der Waals surface area contributed by atoms with Crippen LogP contribution < -0.4 is 4.74 Å². The molecule has 0 amide bonds. The molecule has 1 atom stereocenters. The van der Waals surface area contributed by atoms with Crippen LogP contribution in [-0.2, 0) is 6.61 Å². The molecule has 0 aliphatic heterocycles. The van der Waals surface area contributed by atoms with Gasteiger partial charge in [0.25, 0.3) is 0 Å². The highest BCUT2D eigenvalue weighted by Gasteiger charge is 2.15. The molecule has 1 heterocycles. The van der Waals surface area contributed by atoms with Crippen LogP contribution in [0.5, 0.6) is 5.75 Å². The number of rotatable bonds is 8. The van der Waals surface area contributed by atoms with Gasteiger partial charge in [-0.2, -0.15) is 4.98 Å². The molecule has 0 unspecified atom stereocenters. The third-order valence-electron chi connectivity index (χ3n) is 5.22. The van der Waals surface area contributed by atoms with E-state index in [2.05, 4.69) is 76.3 Å². The molecule has 4 aromatic rings. The Labute approximate surface area is 185 Å². The lowest BCUT2D eigenvalue weighted by Gasteiger charge is -2.08. The monoisotopic (exact) mass is 464 g/mol. The van der Waals surface area contributed by atoms with Gasteiger partial charge in [0.15, 0.2) is 0 Å². The van der Waals surface area contributed by atoms with Gasteiger partial charge in [0.2, 0.25) is 11.7 Å². The summed E-state index contributed by atoms with van der Waals surface area (Å²) < 4.78 is 12.5. The molecule has 0 radical (unpaired) electrons. The van der Waals surface area contributed by atoms with Gasteiger partial charge in [-0.3, -0.25) is 0 Å². The summed E-state index contributed by atoms with van der Waals surface area (Å²) in [6.45, 7) is 4.87. The molecule has 0 bridgehead atoms. The number of halogens is 1. The molecule has 0 saturated carbocycles. The number of benzene rings is 3. The smallest absolute Gasteiger partial charge is 0.229 e. The van der Waals surface area contributed by atoms with Crippen molar-refractivity contribution in [1.29, 1.82) is 0 Å². The van der Waals surface area contributed by atoms with Crippen molar-refractivity contribution < 1.29 is 9.26 Å². The molecule has 0 aliphatic rings. The van der Waals surface area contributed by atoms with Crippen molar-refractivity contribution in [3.05, 3.63) is 76.6 Å². The van der Waals surface area contributed by atoms with E-state index in [9.17, 15) is 0 Å². The Hall–Kier alpha value is -2.66. The van der Waals surface area contributed by atoms with E-state index in [4.69, 9.17) is 9.26 Å². The first-order valence-electron chi connectivity index (χ1n) is 10.4. The zero-order valence-electron chi connectivity index (χ0n) is 17.3. The first-order valence-corrected chi connectivity index (χ1v) is 11.2. The van der Waals surface area contributed by atoms with E-state index in [0.29, 0.717) is 12.4 Å². The predicted octanol–water partition coefficient (Wildman–Crippen LogP) is 7.53. The number of nitrogens with zero attached hydrogens (tertiary/aromatic N) is 2. The SMILES string of the molecule is CCCC[C@H](C)c1nc(-c2ccc3cc(OCc4cccc(Br)c4)ccc3c2)no1. The molecule has 4 nitrogen and oxygen atoms in total. The molecular weight excluding hydrogens is 440 g/mol. The fraction of sp³-hybridized carbons (Fsp3) is 0.280. The van der Waals surface area contributed by atoms with Gasteiger partial charge in [-0.05, 0) is 53.1 Å². The lowest BCUT2D eigenvalue weighted by Crippen LogP contribution is -1.95. The van der Waals surface area contributed by atoms with Crippen LogP contribution in [0, 0.1) is 0 Å². The maximum Gasteiger partial charge on any atom is 0.229 e. The second-order valence-electron chi connectivity index (χ2n) is 7.64. The van der Waals surface area contributed by atoms with Gasteiger partial charge in [0, 0.05) is 16.0 Å². The molecule has 0 N–H and O–H groups in total. The second-order valence-corrected chi connectivity index (χ2v) is 8.56. The summed E-state index contributed by atoms with van der Waals surface area (Å²) in [6.07, 6.45) is 3.41. The van der Waals surface area contributed by atoms with Gasteiger partial charge in [0.1, 0.15) is 12.4 Å². The van der Waals surface area contributed by atoms with Gasteiger partial charge in [-0.15, -0.1) is 0 Å². The summed E-state index contributed by atoms with van der Waals surface area (Å²) in [6, 6.07) is 20.5. The summed E-state index contributed by atoms with van der Waals surface area (Å²) >= 11 is 3.49. The number of unbranched alkanes of at least 4 members (excludes halogenated alkanes) is 1. The van der Waals surface area contributed by atoms with Crippen molar-refractivity contribution in [2.75, 3.05) is 0 Å². The predicted molar refractivity (Wildman–Crippen MR) is 124 cm³/mol. The highest BCUT2D eigenvalue weighted by molar-refractivity contribution is 9.10. The van der Waals surface area contributed by atoms with Crippen molar-refractivity contribution >= 4 is 26.7 Å². The summed E-state index contributed by atoms with van der Waals surface area (Å²) in [7, 11) is 0. The zero-order chi connectivity index (χ0) is 20.9. The van der Waals surface area contributed by atoms with Gasteiger partial charge in [0.05, 0.1) is 0 Å². The van der Waals surface area contributed by atoms with E-state index in [1.165, 1.54) is 12.8 Å². The Morgan fingerprint density at radius 1 is 1.03 bits per heavy atom. The molecule has 0 spiro atoms. The highest BCUT2D eigenvalue weighted by Crippen LogP contribution is 2.28. The van der Waals surface area contributed by atoms with Crippen LogP contribution in [0.15, 0.2) is 69.7 Å². The van der Waals surface area contributed by atoms with Crippen LogP contribution in [0.3, 0.4) is 0 Å². The Morgan fingerprint density at radius 3 is 2.70 bits per heavy atom. The normalized spacial score (nSPS) is 12.2. The summed E-state index contributed by atoms with van der Waals surface area (Å²) in [5, 5.41) is 6.43.